The highest BCUT2D eigenvalue weighted by molar-refractivity contribution is 5.68. The molecule has 0 radical (unpaired) electrons. The van der Waals surface area contributed by atoms with Crippen molar-refractivity contribution in [2.24, 2.45) is 5.92 Å². The van der Waals surface area contributed by atoms with E-state index in [0.717, 1.165) is 38.9 Å². The molecule has 0 saturated carbocycles. The zero-order chi connectivity index (χ0) is 11.4. The molecule has 2 saturated heterocycles. The second-order valence-corrected chi connectivity index (χ2v) is 4.77. The summed E-state index contributed by atoms with van der Waals surface area (Å²) < 4.78 is 5.27. The number of unbranched alkanes of at least 4 members (excludes halogenated alkanes) is 1. The van der Waals surface area contributed by atoms with E-state index in [4.69, 9.17) is 4.74 Å². The molecule has 16 heavy (non-hydrogen) atoms. The molecular formula is C12H22N2O2. The Morgan fingerprint density at radius 1 is 1.50 bits per heavy atom. The van der Waals surface area contributed by atoms with Crippen molar-refractivity contribution in [2.75, 3.05) is 26.2 Å². The van der Waals surface area contributed by atoms with Gasteiger partial charge in [-0.05, 0) is 31.7 Å². The second kappa shape index (κ2) is 5.53. The van der Waals surface area contributed by atoms with Crippen molar-refractivity contribution < 1.29 is 9.53 Å². The monoisotopic (exact) mass is 226 g/mol. The molecule has 2 fully saturated rings. The minimum absolute atomic E-state index is 0.107. The number of carbonyl (C=O) groups is 1. The number of carbonyl (C=O) groups excluding carboxylic acids is 1. The van der Waals surface area contributed by atoms with E-state index in [1.54, 1.807) is 0 Å². The van der Waals surface area contributed by atoms with Gasteiger partial charge in [-0.25, -0.2) is 4.79 Å². The Labute approximate surface area is 97.3 Å². The lowest BCUT2D eigenvalue weighted by atomic mass is 9.94. The van der Waals surface area contributed by atoms with Crippen molar-refractivity contribution in [2.45, 2.75) is 38.6 Å². The number of nitrogens with one attached hydrogen (secondary N) is 1. The molecule has 92 valence electrons. The largest absolute Gasteiger partial charge is 0.449 e. The van der Waals surface area contributed by atoms with Gasteiger partial charge in [0.05, 0.1) is 12.6 Å². The minimum Gasteiger partial charge on any atom is -0.449 e. The third-order valence-corrected chi connectivity index (χ3v) is 3.69. The van der Waals surface area contributed by atoms with Crippen LogP contribution in [-0.4, -0.2) is 43.3 Å². The number of hydrogen-bond donors (Lipinski definition) is 1. The Morgan fingerprint density at radius 3 is 3.19 bits per heavy atom. The lowest BCUT2D eigenvalue weighted by molar-refractivity contribution is 0.0893. The average molecular weight is 226 g/mol. The maximum atomic E-state index is 11.9. The highest BCUT2D eigenvalue weighted by Crippen LogP contribution is 2.29. The third kappa shape index (κ3) is 2.48. The number of likely N-dealkylation sites (tertiary alicyclic amines) is 1. The predicted octanol–water partition coefficient (Wildman–Crippen LogP) is 1.61. The van der Waals surface area contributed by atoms with E-state index in [1.165, 1.54) is 6.42 Å². The fraction of sp³-hybridized carbons (Fsp3) is 0.917. The topological polar surface area (TPSA) is 41.6 Å². The van der Waals surface area contributed by atoms with Gasteiger partial charge in [-0.2, -0.15) is 0 Å². The van der Waals surface area contributed by atoms with E-state index < -0.39 is 0 Å². The third-order valence-electron chi connectivity index (χ3n) is 3.69. The quantitative estimate of drug-likeness (QED) is 0.743. The van der Waals surface area contributed by atoms with Crippen LogP contribution in [0.5, 0.6) is 0 Å². The average Bonchev–Trinajstić information content (AvgIpc) is 2.73. The lowest BCUT2D eigenvalue weighted by Crippen LogP contribution is -2.48. The molecule has 1 amide bonds. The SMILES string of the molecule is CCCCOC(=O)N1CCC2CCNCC21. The Hall–Kier alpha value is -0.770. The minimum atomic E-state index is -0.107. The van der Waals surface area contributed by atoms with Crippen molar-refractivity contribution in [3.05, 3.63) is 0 Å². The van der Waals surface area contributed by atoms with Crippen LogP contribution in [0.25, 0.3) is 0 Å². The van der Waals surface area contributed by atoms with Crippen LogP contribution in [0.1, 0.15) is 32.6 Å². The van der Waals surface area contributed by atoms with Gasteiger partial charge < -0.3 is 15.0 Å². The van der Waals surface area contributed by atoms with Gasteiger partial charge in [0, 0.05) is 13.1 Å². The van der Waals surface area contributed by atoms with Gasteiger partial charge >= 0.3 is 6.09 Å². The molecule has 4 nitrogen and oxygen atoms in total. The first-order valence-corrected chi connectivity index (χ1v) is 6.47. The highest BCUT2D eigenvalue weighted by Gasteiger charge is 2.38. The molecule has 4 heteroatoms. The molecule has 2 rings (SSSR count). The van der Waals surface area contributed by atoms with Crippen LogP contribution in [0.4, 0.5) is 4.79 Å². The van der Waals surface area contributed by atoms with Crippen LogP contribution in [0.2, 0.25) is 0 Å². The summed E-state index contributed by atoms with van der Waals surface area (Å²) in [6.07, 6.45) is 4.27. The number of rotatable bonds is 3. The zero-order valence-electron chi connectivity index (χ0n) is 10.1. The molecule has 0 aliphatic carbocycles. The second-order valence-electron chi connectivity index (χ2n) is 4.77. The first-order chi connectivity index (χ1) is 7.83. The Bertz CT molecular complexity index is 245. The summed E-state index contributed by atoms with van der Waals surface area (Å²) in [6.45, 7) is 5.58. The zero-order valence-corrected chi connectivity index (χ0v) is 10.1. The fourth-order valence-corrected chi connectivity index (χ4v) is 2.68. The maximum absolute atomic E-state index is 11.9. The van der Waals surface area contributed by atoms with E-state index in [-0.39, 0.29) is 6.09 Å². The van der Waals surface area contributed by atoms with E-state index in [9.17, 15) is 4.79 Å². The molecule has 0 bridgehead atoms. The summed E-state index contributed by atoms with van der Waals surface area (Å²) in [5.74, 6) is 0.694. The van der Waals surface area contributed by atoms with Crippen molar-refractivity contribution >= 4 is 6.09 Å². The van der Waals surface area contributed by atoms with Crippen LogP contribution in [0.15, 0.2) is 0 Å². The lowest BCUT2D eigenvalue weighted by Gasteiger charge is -2.31. The van der Waals surface area contributed by atoms with Crippen LogP contribution < -0.4 is 5.32 Å². The normalized spacial score (nSPS) is 28.9. The van der Waals surface area contributed by atoms with Crippen LogP contribution in [-0.2, 0) is 4.74 Å². The summed E-state index contributed by atoms with van der Waals surface area (Å²) in [4.78, 5) is 13.8. The van der Waals surface area contributed by atoms with Crippen LogP contribution in [0.3, 0.4) is 0 Å². The number of hydrogen-bond acceptors (Lipinski definition) is 3. The standard InChI is InChI=1S/C12H22N2O2/c1-2-3-8-16-12(15)14-7-5-10-4-6-13-9-11(10)14/h10-11,13H,2-9H2,1H3. The van der Waals surface area contributed by atoms with E-state index >= 15 is 0 Å². The first kappa shape index (κ1) is 11.7. The fourth-order valence-electron chi connectivity index (χ4n) is 2.68. The summed E-state index contributed by atoms with van der Waals surface area (Å²) in [5.41, 5.74) is 0. The van der Waals surface area contributed by atoms with Crippen LogP contribution >= 0.6 is 0 Å². The van der Waals surface area contributed by atoms with Gasteiger partial charge in [-0.1, -0.05) is 13.3 Å². The maximum Gasteiger partial charge on any atom is 0.410 e. The molecule has 0 spiro atoms. The molecule has 2 atom stereocenters. The van der Waals surface area contributed by atoms with Crippen molar-refractivity contribution in [3.63, 3.8) is 0 Å². The number of nitrogens with zero attached hydrogens (tertiary/aromatic N) is 1. The molecule has 2 aliphatic rings. The molecular weight excluding hydrogens is 204 g/mol. The summed E-state index contributed by atoms with van der Waals surface area (Å²) >= 11 is 0. The molecule has 2 aliphatic heterocycles. The van der Waals surface area contributed by atoms with Gasteiger partial charge in [0.1, 0.15) is 0 Å². The van der Waals surface area contributed by atoms with E-state index in [2.05, 4.69) is 12.2 Å². The van der Waals surface area contributed by atoms with Gasteiger partial charge in [0.25, 0.3) is 0 Å². The van der Waals surface area contributed by atoms with Gasteiger partial charge in [0.2, 0.25) is 0 Å². The number of piperidine rings is 1. The highest BCUT2D eigenvalue weighted by atomic mass is 16.6. The summed E-state index contributed by atoms with van der Waals surface area (Å²) in [5, 5.41) is 3.36. The molecule has 0 aromatic heterocycles. The van der Waals surface area contributed by atoms with Crippen molar-refractivity contribution in [3.8, 4) is 0 Å². The molecule has 1 N–H and O–H groups in total. The molecule has 2 heterocycles. The number of amides is 1. The molecule has 0 aromatic rings. The van der Waals surface area contributed by atoms with Crippen molar-refractivity contribution in [1.29, 1.82) is 0 Å². The Balaban J connectivity index is 1.82. The van der Waals surface area contributed by atoms with E-state index in [0.29, 0.717) is 18.6 Å². The predicted molar refractivity (Wildman–Crippen MR) is 62.3 cm³/mol. The van der Waals surface area contributed by atoms with Crippen molar-refractivity contribution in [1.82, 2.24) is 10.2 Å². The smallest absolute Gasteiger partial charge is 0.410 e. The van der Waals surface area contributed by atoms with Gasteiger partial charge in [0.15, 0.2) is 0 Å². The van der Waals surface area contributed by atoms with E-state index in [1.807, 2.05) is 4.90 Å². The van der Waals surface area contributed by atoms with Crippen LogP contribution in [0, 0.1) is 5.92 Å². The van der Waals surface area contributed by atoms with Gasteiger partial charge in [-0.15, -0.1) is 0 Å². The Morgan fingerprint density at radius 2 is 2.38 bits per heavy atom. The Kier molecular flexibility index (Phi) is 4.04. The van der Waals surface area contributed by atoms with Gasteiger partial charge in [-0.3, -0.25) is 0 Å². The number of fused-ring (bicyclic) bond motifs is 1. The molecule has 2 unspecified atom stereocenters. The first-order valence-electron chi connectivity index (χ1n) is 6.47. The number of ether oxygens (including phenoxy) is 1. The molecule has 0 aromatic carbocycles. The summed E-state index contributed by atoms with van der Waals surface area (Å²) in [7, 11) is 0. The summed E-state index contributed by atoms with van der Waals surface area (Å²) in [6, 6.07) is 0.378.